The summed E-state index contributed by atoms with van der Waals surface area (Å²) < 4.78 is 0. The van der Waals surface area contributed by atoms with Gasteiger partial charge < -0.3 is 26.6 Å². The van der Waals surface area contributed by atoms with E-state index in [1.807, 2.05) is 0 Å². The Balaban J connectivity index is -0.000000107. The number of hydrogen-bond donors (Lipinski definition) is 2. The van der Waals surface area contributed by atoms with Crippen molar-refractivity contribution in [3.8, 4) is 0 Å². The van der Waals surface area contributed by atoms with Crippen LogP contribution in [0.15, 0.2) is 0 Å². The van der Waals surface area contributed by atoms with Crippen molar-refractivity contribution >= 4 is 50.0 Å². The first-order chi connectivity index (χ1) is 4.09. The third-order valence-electron chi connectivity index (χ3n) is 1.07. The number of carboxylic acid groups (broad SMARTS) is 1. The third kappa shape index (κ3) is 8.38. The Morgan fingerprint density at radius 1 is 1.50 bits per heavy atom. The SMILES string of the molecule is CC(C=O)[C@H](N)C(=O)O.O.O.[CaH2]. The Morgan fingerprint density at radius 3 is 1.92 bits per heavy atom. The quantitative estimate of drug-likeness (QED) is 0.370. The van der Waals surface area contributed by atoms with Crippen LogP contribution in [0.2, 0.25) is 0 Å². The van der Waals surface area contributed by atoms with Crippen molar-refractivity contribution in [2.45, 2.75) is 13.0 Å². The van der Waals surface area contributed by atoms with Gasteiger partial charge in [0, 0.05) is 5.92 Å². The Hall–Kier alpha value is 0.280. The molecule has 0 aliphatic rings. The molecule has 2 atom stereocenters. The van der Waals surface area contributed by atoms with E-state index in [9.17, 15) is 9.59 Å². The van der Waals surface area contributed by atoms with Crippen LogP contribution in [0.3, 0.4) is 0 Å². The zero-order valence-electron chi connectivity index (χ0n) is 6.07. The summed E-state index contributed by atoms with van der Waals surface area (Å²) in [6, 6.07) is -1.07. The molecule has 7 heteroatoms. The summed E-state index contributed by atoms with van der Waals surface area (Å²) in [5, 5.41) is 8.20. The molecule has 7 N–H and O–H groups in total. The maximum absolute atomic E-state index is 10.0. The molecule has 0 saturated heterocycles. The first-order valence-electron chi connectivity index (χ1n) is 2.53. The van der Waals surface area contributed by atoms with Gasteiger partial charge in [-0.1, -0.05) is 6.92 Å². The predicted molar refractivity (Wildman–Crippen MR) is 46.6 cm³/mol. The fourth-order valence-electron chi connectivity index (χ4n) is 0.310. The van der Waals surface area contributed by atoms with Gasteiger partial charge in [0.2, 0.25) is 0 Å². The molecule has 72 valence electrons. The van der Waals surface area contributed by atoms with Gasteiger partial charge in [0.15, 0.2) is 0 Å². The van der Waals surface area contributed by atoms with Gasteiger partial charge in [0.25, 0.3) is 0 Å². The van der Waals surface area contributed by atoms with E-state index in [-0.39, 0.29) is 48.7 Å². The van der Waals surface area contributed by atoms with Crippen LogP contribution in [0.25, 0.3) is 0 Å². The zero-order valence-corrected chi connectivity index (χ0v) is 6.07. The zero-order chi connectivity index (χ0) is 7.44. The van der Waals surface area contributed by atoms with Gasteiger partial charge in [-0.15, -0.1) is 0 Å². The Labute approximate surface area is 99.7 Å². The van der Waals surface area contributed by atoms with Crippen LogP contribution in [0.1, 0.15) is 6.92 Å². The van der Waals surface area contributed by atoms with Crippen LogP contribution in [-0.2, 0) is 9.59 Å². The molecule has 0 heterocycles. The van der Waals surface area contributed by atoms with Gasteiger partial charge in [-0.25, -0.2) is 0 Å². The molecule has 6 nitrogen and oxygen atoms in total. The number of carbonyl (C=O) groups is 2. The summed E-state index contributed by atoms with van der Waals surface area (Å²) in [5.41, 5.74) is 5.04. The average molecular weight is 209 g/mol. The van der Waals surface area contributed by atoms with E-state index in [0.717, 1.165) is 0 Å². The first-order valence-corrected chi connectivity index (χ1v) is 2.53. The van der Waals surface area contributed by atoms with Crippen LogP contribution in [0.5, 0.6) is 0 Å². The standard InChI is InChI=1S/C5H9NO3.Ca.2H2O.2H/c1-3(2-7)4(6)5(8)9;;;;;/h2-4H,6H2,1H3,(H,8,9);;2*1H2;;/t3?,4-;;;;;/m0...../s1. The van der Waals surface area contributed by atoms with Crippen molar-refractivity contribution < 1.29 is 25.6 Å². The van der Waals surface area contributed by atoms with Gasteiger partial charge in [0.05, 0.1) is 0 Å². The molecule has 0 rings (SSSR count). The number of hydrogen-bond acceptors (Lipinski definition) is 3. The molecule has 0 amide bonds. The van der Waals surface area contributed by atoms with Gasteiger partial charge in [-0.05, 0) is 0 Å². The van der Waals surface area contributed by atoms with Crippen LogP contribution < -0.4 is 5.73 Å². The summed E-state index contributed by atoms with van der Waals surface area (Å²) in [7, 11) is 0. The number of carboxylic acids is 1. The molecule has 0 spiro atoms. The van der Waals surface area contributed by atoms with Crippen LogP contribution >= 0.6 is 0 Å². The van der Waals surface area contributed by atoms with E-state index in [2.05, 4.69) is 0 Å². The number of rotatable bonds is 3. The Morgan fingerprint density at radius 2 is 1.83 bits per heavy atom. The minimum absolute atomic E-state index is 0. The molecule has 12 heavy (non-hydrogen) atoms. The molecular weight excluding hydrogens is 194 g/mol. The third-order valence-corrected chi connectivity index (χ3v) is 1.07. The van der Waals surface area contributed by atoms with Crippen molar-refractivity contribution in [1.29, 1.82) is 0 Å². The molecule has 1 unspecified atom stereocenters. The summed E-state index contributed by atoms with van der Waals surface area (Å²) >= 11 is 0. The second-order valence-corrected chi connectivity index (χ2v) is 1.86. The summed E-state index contributed by atoms with van der Waals surface area (Å²) in [6.45, 7) is 1.46. The van der Waals surface area contributed by atoms with E-state index < -0.39 is 17.9 Å². The molecular formula is C5H15CaNO5. The molecule has 0 aromatic rings. The number of carbonyl (C=O) groups excluding carboxylic acids is 1. The Kier molecular flexibility index (Phi) is 21.4. The van der Waals surface area contributed by atoms with Gasteiger partial charge in [0.1, 0.15) is 12.3 Å². The molecule has 0 aromatic heterocycles. The van der Waals surface area contributed by atoms with E-state index in [0.29, 0.717) is 6.29 Å². The van der Waals surface area contributed by atoms with Crippen molar-refractivity contribution in [1.82, 2.24) is 0 Å². The van der Waals surface area contributed by atoms with Gasteiger partial charge in [-0.2, -0.15) is 0 Å². The van der Waals surface area contributed by atoms with E-state index >= 15 is 0 Å². The van der Waals surface area contributed by atoms with Crippen LogP contribution in [0, 0.1) is 5.92 Å². The summed E-state index contributed by atoms with van der Waals surface area (Å²) in [5.74, 6) is -1.75. The number of aldehydes is 1. The average Bonchev–Trinajstić information content (AvgIpc) is 1.84. The fraction of sp³-hybridized carbons (Fsp3) is 0.600. The van der Waals surface area contributed by atoms with Crippen molar-refractivity contribution in [2.75, 3.05) is 0 Å². The molecule has 0 fully saturated rings. The molecule has 0 saturated carbocycles. The van der Waals surface area contributed by atoms with Gasteiger partial charge >= 0.3 is 43.7 Å². The second-order valence-electron chi connectivity index (χ2n) is 1.86. The predicted octanol–water partition coefficient (Wildman–Crippen LogP) is -3.33. The van der Waals surface area contributed by atoms with Gasteiger partial charge in [-0.3, -0.25) is 4.79 Å². The van der Waals surface area contributed by atoms with Crippen LogP contribution in [-0.4, -0.2) is 72.1 Å². The topological polar surface area (TPSA) is 143 Å². The van der Waals surface area contributed by atoms with E-state index in [1.165, 1.54) is 6.92 Å². The normalized spacial score (nSPS) is 12.2. The van der Waals surface area contributed by atoms with Crippen LogP contribution in [0.4, 0.5) is 0 Å². The number of aliphatic carboxylic acids is 1. The maximum atomic E-state index is 10.0. The summed E-state index contributed by atoms with van der Waals surface area (Å²) in [4.78, 5) is 19.9. The minimum atomic E-state index is -1.14. The van der Waals surface area contributed by atoms with Crippen molar-refractivity contribution in [3.05, 3.63) is 0 Å². The molecule has 0 aromatic carbocycles. The fourth-order valence-corrected chi connectivity index (χ4v) is 0.310. The number of nitrogens with two attached hydrogens (primary N) is 1. The van der Waals surface area contributed by atoms with E-state index in [4.69, 9.17) is 10.8 Å². The first kappa shape index (κ1) is 22.8. The molecule has 0 bridgehead atoms. The molecule has 0 aliphatic heterocycles. The van der Waals surface area contributed by atoms with Crippen molar-refractivity contribution in [2.24, 2.45) is 11.7 Å². The summed E-state index contributed by atoms with van der Waals surface area (Å²) in [6.07, 6.45) is 0.527. The molecule has 0 aliphatic carbocycles. The second kappa shape index (κ2) is 11.3. The Bertz CT molecular complexity index is 131. The van der Waals surface area contributed by atoms with E-state index in [1.54, 1.807) is 0 Å². The van der Waals surface area contributed by atoms with Crippen molar-refractivity contribution in [3.63, 3.8) is 0 Å². The molecule has 0 radical (unpaired) electrons. The monoisotopic (exact) mass is 209 g/mol.